The number of nitrogens with zero attached hydrogens (tertiary/aromatic N) is 1. The van der Waals surface area contributed by atoms with Gasteiger partial charge in [0.25, 0.3) is 0 Å². The first-order valence-electron chi connectivity index (χ1n) is 6.28. The molecule has 0 spiro atoms. The fraction of sp³-hybridized carbons (Fsp3) is 0.333. The summed E-state index contributed by atoms with van der Waals surface area (Å²) in [5.41, 5.74) is 6.15. The van der Waals surface area contributed by atoms with E-state index in [2.05, 4.69) is 43.5 Å². The first kappa shape index (κ1) is 11.8. The van der Waals surface area contributed by atoms with Crippen LogP contribution >= 0.6 is 0 Å². The summed E-state index contributed by atoms with van der Waals surface area (Å²) in [6, 6.07) is 13.2. The summed E-state index contributed by atoms with van der Waals surface area (Å²) in [6.07, 6.45) is 6.40. The minimum atomic E-state index is 0.318. The second-order valence-electron chi connectivity index (χ2n) is 4.43. The molecule has 1 atom stereocenters. The summed E-state index contributed by atoms with van der Waals surface area (Å²) < 4.78 is 1.99. The second-order valence-corrected chi connectivity index (χ2v) is 4.43. The minimum Gasteiger partial charge on any atom is -0.319 e. The third kappa shape index (κ3) is 3.13. The SMILES string of the molecule is CCCc1ccc(C(C)Nn2cccc2)cc1. The molecule has 2 nitrogen and oxygen atoms in total. The lowest BCUT2D eigenvalue weighted by Gasteiger charge is -2.16. The fourth-order valence-electron chi connectivity index (χ4n) is 1.98. The van der Waals surface area contributed by atoms with E-state index in [0.29, 0.717) is 6.04 Å². The summed E-state index contributed by atoms with van der Waals surface area (Å²) in [7, 11) is 0. The molecule has 0 fully saturated rings. The zero-order chi connectivity index (χ0) is 12.1. The van der Waals surface area contributed by atoms with Gasteiger partial charge in [-0.3, -0.25) is 4.68 Å². The molecule has 1 N–H and O–H groups in total. The Kier molecular flexibility index (Phi) is 3.86. The van der Waals surface area contributed by atoms with E-state index in [9.17, 15) is 0 Å². The highest BCUT2D eigenvalue weighted by Crippen LogP contribution is 2.15. The van der Waals surface area contributed by atoms with Gasteiger partial charge in [-0.05, 0) is 36.6 Å². The number of nitrogens with one attached hydrogen (secondary N) is 1. The van der Waals surface area contributed by atoms with Crippen molar-refractivity contribution >= 4 is 0 Å². The summed E-state index contributed by atoms with van der Waals surface area (Å²) in [6.45, 7) is 4.39. The van der Waals surface area contributed by atoms with Crippen molar-refractivity contribution in [3.8, 4) is 0 Å². The molecule has 2 rings (SSSR count). The van der Waals surface area contributed by atoms with Gasteiger partial charge >= 0.3 is 0 Å². The summed E-state index contributed by atoms with van der Waals surface area (Å²) in [5, 5.41) is 0. The molecule has 2 heteroatoms. The molecule has 1 unspecified atom stereocenters. The monoisotopic (exact) mass is 228 g/mol. The minimum absolute atomic E-state index is 0.318. The largest absolute Gasteiger partial charge is 0.319 e. The van der Waals surface area contributed by atoms with Crippen LogP contribution < -0.4 is 5.43 Å². The van der Waals surface area contributed by atoms with E-state index in [-0.39, 0.29) is 0 Å². The lowest BCUT2D eigenvalue weighted by atomic mass is 10.0. The molecule has 0 radical (unpaired) electrons. The van der Waals surface area contributed by atoms with Crippen LogP contribution in [0.5, 0.6) is 0 Å². The predicted molar refractivity (Wildman–Crippen MR) is 72.6 cm³/mol. The van der Waals surface area contributed by atoms with Gasteiger partial charge < -0.3 is 5.43 Å². The van der Waals surface area contributed by atoms with Crippen molar-refractivity contribution in [3.63, 3.8) is 0 Å². The molecule has 1 aromatic carbocycles. The first-order chi connectivity index (χ1) is 8.29. The molecule has 0 saturated carbocycles. The van der Waals surface area contributed by atoms with Crippen molar-refractivity contribution in [3.05, 3.63) is 59.9 Å². The number of aromatic nitrogens is 1. The van der Waals surface area contributed by atoms with Crippen LogP contribution in [0.1, 0.15) is 37.4 Å². The average Bonchev–Trinajstić information content (AvgIpc) is 2.83. The number of benzene rings is 1. The third-order valence-corrected chi connectivity index (χ3v) is 2.97. The van der Waals surface area contributed by atoms with E-state index < -0.39 is 0 Å². The van der Waals surface area contributed by atoms with E-state index in [1.807, 2.05) is 29.2 Å². The maximum absolute atomic E-state index is 3.41. The predicted octanol–water partition coefficient (Wildman–Crippen LogP) is 3.75. The molecular weight excluding hydrogens is 208 g/mol. The Balaban J connectivity index is 2.01. The van der Waals surface area contributed by atoms with Gasteiger partial charge in [0.2, 0.25) is 0 Å². The van der Waals surface area contributed by atoms with E-state index in [1.54, 1.807) is 0 Å². The zero-order valence-electron chi connectivity index (χ0n) is 10.6. The van der Waals surface area contributed by atoms with Crippen LogP contribution in [0.3, 0.4) is 0 Å². The van der Waals surface area contributed by atoms with E-state index in [1.165, 1.54) is 24.0 Å². The van der Waals surface area contributed by atoms with Crippen molar-refractivity contribution < 1.29 is 0 Å². The van der Waals surface area contributed by atoms with E-state index in [4.69, 9.17) is 0 Å². The molecule has 1 heterocycles. The van der Waals surface area contributed by atoms with Gasteiger partial charge in [0.1, 0.15) is 0 Å². The van der Waals surface area contributed by atoms with Crippen molar-refractivity contribution in [1.82, 2.24) is 4.68 Å². The fourth-order valence-corrected chi connectivity index (χ4v) is 1.98. The van der Waals surface area contributed by atoms with Gasteiger partial charge in [-0.1, -0.05) is 37.6 Å². The Morgan fingerprint density at radius 3 is 2.35 bits per heavy atom. The molecule has 0 aliphatic rings. The molecule has 0 amide bonds. The molecular formula is C15H20N2. The highest BCUT2D eigenvalue weighted by atomic mass is 15.4. The lowest BCUT2D eigenvalue weighted by Crippen LogP contribution is -2.16. The van der Waals surface area contributed by atoms with E-state index >= 15 is 0 Å². The number of hydrogen-bond donors (Lipinski definition) is 1. The first-order valence-corrected chi connectivity index (χ1v) is 6.28. The Morgan fingerprint density at radius 2 is 1.76 bits per heavy atom. The van der Waals surface area contributed by atoms with Crippen LogP contribution in [-0.2, 0) is 6.42 Å². The topological polar surface area (TPSA) is 17.0 Å². The molecule has 17 heavy (non-hydrogen) atoms. The number of hydrogen-bond acceptors (Lipinski definition) is 1. The Hall–Kier alpha value is -1.70. The summed E-state index contributed by atoms with van der Waals surface area (Å²) >= 11 is 0. The lowest BCUT2D eigenvalue weighted by molar-refractivity contribution is 0.727. The van der Waals surface area contributed by atoms with Crippen LogP contribution in [0.15, 0.2) is 48.8 Å². The Morgan fingerprint density at radius 1 is 1.12 bits per heavy atom. The summed E-state index contributed by atoms with van der Waals surface area (Å²) in [5.74, 6) is 0. The molecule has 0 saturated heterocycles. The van der Waals surface area contributed by atoms with Gasteiger partial charge in [-0.15, -0.1) is 0 Å². The highest BCUT2D eigenvalue weighted by molar-refractivity contribution is 5.26. The van der Waals surface area contributed by atoms with Gasteiger partial charge in [0.05, 0.1) is 6.04 Å². The van der Waals surface area contributed by atoms with Crippen molar-refractivity contribution in [2.75, 3.05) is 5.43 Å². The van der Waals surface area contributed by atoms with Crippen LogP contribution in [0, 0.1) is 0 Å². The Labute approximate surface area is 103 Å². The summed E-state index contributed by atoms with van der Waals surface area (Å²) in [4.78, 5) is 0. The maximum Gasteiger partial charge on any atom is 0.0645 e. The van der Waals surface area contributed by atoms with Crippen molar-refractivity contribution in [1.29, 1.82) is 0 Å². The quantitative estimate of drug-likeness (QED) is 0.824. The molecule has 1 aromatic heterocycles. The van der Waals surface area contributed by atoms with Gasteiger partial charge in [0, 0.05) is 12.4 Å². The third-order valence-electron chi connectivity index (χ3n) is 2.97. The second kappa shape index (κ2) is 5.58. The number of aryl methyl sites for hydroxylation is 1. The molecule has 0 bridgehead atoms. The maximum atomic E-state index is 3.41. The van der Waals surface area contributed by atoms with Crippen LogP contribution in [0.2, 0.25) is 0 Å². The Bertz CT molecular complexity index is 428. The standard InChI is InChI=1S/C15H20N2/c1-3-6-14-7-9-15(10-8-14)13(2)16-17-11-4-5-12-17/h4-5,7-13,16H,3,6H2,1-2H3. The van der Waals surface area contributed by atoms with Gasteiger partial charge in [-0.2, -0.15) is 0 Å². The van der Waals surface area contributed by atoms with Crippen molar-refractivity contribution in [2.24, 2.45) is 0 Å². The van der Waals surface area contributed by atoms with E-state index in [0.717, 1.165) is 0 Å². The normalized spacial score (nSPS) is 12.4. The number of rotatable bonds is 5. The molecule has 90 valence electrons. The smallest absolute Gasteiger partial charge is 0.0645 e. The zero-order valence-corrected chi connectivity index (χ0v) is 10.6. The van der Waals surface area contributed by atoms with Crippen molar-refractivity contribution in [2.45, 2.75) is 32.7 Å². The van der Waals surface area contributed by atoms with Crippen LogP contribution in [0.25, 0.3) is 0 Å². The molecule has 0 aliphatic heterocycles. The molecule has 2 aromatic rings. The van der Waals surface area contributed by atoms with Crippen LogP contribution in [0.4, 0.5) is 0 Å². The molecule has 0 aliphatic carbocycles. The van der Waals surface area contributed by atoms with Gasteiger partial charge in [-0.25, -0.2) is 0 Å². The average molecular weight is 228 g/mol. The van der Waals surface area contributed by atoms with Gasteiger partial charge in [0.15, 0.2) is 0 Å². The highest BCUT2D eigenvalue weighted by Gasteiger charge is 2.04. The van der Waals surface area contributed by atoms with Crippen LogP contribution in [-0.4, -0.2) is 4.68 Å².